The van der Waals surface area contributed by atoms with Crippen LogP contribution in [0.15, 0.2) is 76.8 Å². The lowest BCUT2D eigenvalue weighted by Gasteiger charge is -2.17. The molecule has 3 rings (SSSR count). The third kappa shape index (κ3) is 4.90. The highest BCUT2D eigenvalue weighted by atomic mass is 32.2. The summed E-state index contributed by atoms with van der Waals surface area (Å²) >= 11 is 1.74. The van der Waals surface area contributed by atoms with E-state index in [4.69, 9.17) is 4.84 Å². The largest absolute Gasteiger partial charge is 0.391 e. The molecule has 0 fully saturated rings. The molecule has 0 heterocycles. The van der Waals surface area contributed by atoms with Crippen LogP contribution in [0.2, 0.25) is 0 Å². The van der Waals surface area contributed by atoms with Crippen molar-refractivity contribution in [2.75, 3.05) is 26.9 Å². The van der Waals surface area contributed by atoms with Crippen molar-refractivity contribution in [3.63, 3.8) is 0 Å². The van der Waals surface area contributed by atoms with Gasteiger partial charge in [0.2, 0.25) is 0 Å². The second kappa shape index (κ2) is 9.07. The minimum Gasteiger partial charge on any atom is -0.391 e. The average molecular weight is 379 g/mol. The Bertz CT molecular complexity index is 914. The van der Waals surface area contributed by atoms with E-state index in [2.05, 4.69) is 83.0 Å². The predicted molar refractivity (Wildman–Crippen MR) is 117 cm³/mol. The fourth-order valence-corrected chi connectivity index (χ4v) is 3.54. The molecule has 0 aliphatic rings. The first-order chi connectivity index (χ1) is 13.1. The SMILES string of the molecule is CSc1ccc(/C(=N\OC(C)CN(C)C)c2cccc3ccccc23)cc1. The van der Waals surface area contributed by atoms with E-state index in [1.807, 2.05) is 21.0 Å². The number of nitrogens with zero attached hydrogens (tertiary/aromatic N) is 2. The standard InChI is InChI=1S/C23H26N2OS/c1-17(16-25(2)3)26-24-23(19-12-14-20(27-4)15-13-19)22-11-7-9-18-8-5-6-10-21(18)22/h5-15,17H,16H2,1-4H3/b24-23+. The molecule has 0 saturated carbocycles. The molecule has 140 valence electrons. The number of hydrogen-bond donors (Lipinski definition) is 0. The number of benzene rings is 3. The monoisotopic (exact) mass is 378 g/mol. The molecule has 3 aromatic rings. The quantitative estimate of drug-likeness (QED) is 0.318. The number of thioether (sulfide) groups is 1. The summed E-state index contributed by atoms with van der Waals surface area (Å²) in [7, 11) is 4.08. The van der Waals surface area contributed by atoms with Crippen LogP contribution in [-0.2, 0) is 4.84 Å². The summed E-state index contributed by atoms with van der Waals surface area (Å²) in [6.45, 7) is 2.86. The Balaban J connectivity index is 2.05. The summed E-state index contributed by atoms with van der Waals surface area (Å²) in [5.41, 5.74) is 3.01. The molecule has 0 aromatic heterocycles. The predicted octanol–water partition coefficient (Wildman–Crippen LogP) is 5.28. The molecule has 0 aliphatic carbocycles. The molecule has 0 amide bonds. The fraction of sp³-hybridized carbons (Fsp3) is 0.261. The summed E-state index contributed by atoms with van der Waals surface area (Å²) in [5, 5.41) is 6.98. The second-order valence-electron chi connectivity index (χ2n) is 6.87. The van der Waals surface area contributed by atoms with Crippen molar-refractivity contribution >= 4 is 28.2 Å². The first-order valence-electron chi connectivity index (χ1n) is 9.09. The zero-order chi connectivity index (χ0) is 19.2. The summed E-state index contributed by atoms with van der Waals surface area (Å²) in [4.78, 5) is 9.21. The number of oxime groups is 1. The Labute approximate surface area is 166 Å². The van der Waals surface area contributed by atoms with E-state index in [0.29, 0.717) is 0 Å². The Morgan fingerprint density at radius 1 is 1.00 bits per heavy atom. The molecule has 0 spiro atoms. The average Bonchev–Trinajstić information content (AvgIpc) is 2.68. The lowest BCUT2D eigenvalue weighted by Crippen LogP contribution is -2.25. The van der Waals surface area contributed by atoms with E-state index in [1.54, 1.807) is 11.8 Å². The van der Waals surface area contributed by atoms with E-state index in [-0.39, 0.29) is 6.10 Å². The molecule has 0 radical (unpaired) electrons. The van der Waals surface area contributed by atoms with Gasteiger partial charge >= 0.3 is 0 Å². The van der Waals surface area contributed by atoms with E-state index in [9.17, 15) is 0 Å². The van der Waals surface area contributed by atoms with Gasteiger partial charge in [-0.1, -0.05) is 59.8 Å². The van der Waals surface area contributed by atoms with Gasteiger partial charge < -0.3 is 9.74 Å². The molecule has 1 atom stereocenters. The van der Waals surface area contributed by atoms with Crippen LogP contribution in [0.25, 0.3) is 10.8 Å². The van der Waals surface area contributed by atoms with Crippen molar-refractivity contribution in [2.45, 2.75) is 17.9 Å². The third-order valence-corrected chi connectivity index (χ3v) is 5.10. The lowest BCUT2D eigenvalue weighted by molar-refractivity contribution is 0.0537. The van der Waals surface area contributed by atoms with Crippen LogP contribution in [0.1, 0.15) is 18.1 Å². The summed E-state index contributed by atoms with van der Waals surface area (Å²) in [6, 6.07) is 23.2. The van der Waals surface area contributed by atoms with Crippen LogP contribution in [0.4, 0.5) is 0 Å². The van der Waals surface area contributed by atoms with Crippen LogP contribution in [0.5, 0.6) is 0 Å². The zero-order valence-corrected chi connectivity index (χ0v) is 17.2. The third-order valence-electron chi connectivity index (χ3n) is 4.35. The van der Waals surface area contributed by atoms with Crippen LogP contribution in [0.3, 0.4) is 0 Å². The van der Waals surface area contributed by atoms with Crippen LogP contribution in [-0.4, -0.2) is 43.6 Å². The minimum atomic E-state index is 0.00967. The van der Waals surface area contributed by atoms with Gasteiger partial charge in [0.05, 0.1) is 0 Å². The van der Waals surface area contributed by atoms with Crippen molar-refractivity contribution in [1.29, 1.82) is 0 Å². The van der Waals surface area contributed by atoms with Gasteiger partial charge in [-0.25, -0.2) is 0 Å². The molecule has 3 aromatic carbocycles. The first-order valence-corrected chi connectivity index (χ1v) is 10.3. The number of likely N-dealkylation sites (N-methyl/N-ethyl adjacent to an activating group) is 1. The lowest BCUT2D eigenvalue weighted by atomic mass is 9.96. The van der Waals surface area contributed by atoms with Crippen molar-refractivity contribution in [1.82, 2.24) is 4.90 Å². The number of fused-ring (bicyclic) bond motifs is 1. The number of hydrogen-bond acceptors (Lipinski definition) is 4. The van der Waals surface area contributed by atoms with Gasteiger partial charge in [-0.2, -0.15) is 0 Å². The molecular formula is C23H26N2OS. The van der Waals surface area contributed by atoms with Crippen LogP contribution < -0.4 is 0 Å². The Morgan fingerprint density at radius 3 is 2.41 bits per heavy atom. The molecule has 1 unspecified atom stereocenters. The molecule has 0 saturated heterocycles. The highest BCUT2D eigenvalue weighted by Gasteiger charge is 2.13. The highest BCUT2D eigenvalue weighted by molar-refractivity contribution is 7.98. The molecule has 3 nitrogen and oxygen atoms in total. The van der Waals surface area contributed by atoms with Crippen molar-refractivity contribution < 1.29 is 4.84 Å². The smallest absolute Gasteiger partial charge is 0.137 e. The molecule has 0 N–H and O–H groups in total. The maximum Gasteiger partial charge on any atom is 0.137 e. The second-order valence-corrected chi connectivity index (χ2v) is 7.75. The molecule has 0 aliphatic heterocycles. The van der Waals surface area contributed by atoms with E-state index in [0.717, 1.165) is 23.4 Å². The number of rotatable bonds is 7. The van der Waals surface area contributed by atoms with E-state index >= 15 is 0 Å². The topological polar surface area (TPSA) is 24.8 Å². The Morgan fingerprint density at radius 2 is 1.70 bits per heavy atom. The van der Waals surface area contributed by atoms with Crippen LogP contribution >= 0.6 is 11.8 Å². The van der Waals surface area contributed by atoms with E-state index in [1.165, 1.54) is 15.7 Å². The van der Waals surface area contributed by atoms with Crippen molar-refractivity contribution in [3.8, 4) is 0 Å². The normalized spacial score (nSPS) is 13.1. The maximum absolute atomic E-state index is 5.87. The first kappa shape index (κ1) is 19.5. The minimum absolute atomic E-state index is 0.00967. The highest BCUT2D eigenvalue weighted by Crippen LogP contribution is 2.24. The van der Waals surface area contributed by atoms with Gasteiger partial charge in [-0.3, -0.25) is 0 Å². The fourth-order valence-electron chi connectivity index (χ4n) is 3.13. The van der Waals surface area contributed by atoms with Crippen molar-refractivity contribution in [3.05, 3.63) is 77.9 Å². The van der Waals surface area contributed by atoms with Gasteiger partial charge in [0.15, 0.2) is 0 Å². The zero-order valence-electron chi connectivity index (χ0n) is 16.3. The summed E-state index contributed by atoms with van der Waals surface area (Å²) in [5.74, 6) is 0. The molecular weight excluding hydrogens is 352 g/mol. The summed E-state index contributed by atoms with van der Waals surface area (Å²) < 4.78 is 0. The van der Waals surface area contributed by atoms with Gasteiger partial charge in [0, 0.05) is 22.6 Å². The molecule has 4 heteroatoms. The molecule has 0 bridgehead atoms. The molecule has 27 heavy (non-hydrogen) atoms. The van der Waals surface area contributed by atoms with Gasteiger partial charge in [0.25, 0.3) is 0 Å². The Hall–Kier alpha value is -2.30. The van der Waals surface area contributed by atoms with Gasteiger partial charge in [0.1, 0.15) is 11.8 Å². The Kier molecular flexibility index (Phi) is 6.54. The van der Waals surface area contributed by atoms with Gasteiger partial charge in [-0.05, 0) is 50.2 Å². The van der Waals surface area contributed by atoms with E-state index < -0.39 is 0 Å². The maximum atomic E-state index is 5.87. The van der Waals surface area contributed by atoms with Crippen molar-refractivity contribution in [2.24, 2.45) is 5.16 Å². The summed E-state index contributed by atoms with van der Waals surface area (Å²) in [6.07, 6.45) is 2.09. The van der Waals surface area contributed by atoms with Crippen LogP contribution in [0, 0.1) is 0 Å². The van der Waals surface area contributed by atoms with Gasteiger partial charge in [-0.15, -0.1) is 11.8 Å².